The third-order valence-electron chi connectivity index (χ3n) is 5.61. The Hall–Kier alpha value is -3.23. The van der Waals surface area contributed by atoms with E-state index in [2.05, 4.69) is 20.2 Å². The van der Waals surface area contributed by atoms with Gasteiger partial charge < -0.3 is 14.0 Å². The summed E-state index contributed by atoms with van der Waals surface area (Å²) in [4.78, 5) is 26.3. The van der Waals surface area contributed by atoms with E-state index in [1.807, 2.05) is 71.1 Å². The lowest BCUT2D eigenvalue weighted by Crippen LogP contribution is -2.48. The predicted molar refractivity (Wildman–Crippen MR) is 124 cm³/mol. The van der Waals surface area contributed by atoms with Crippen molar-refractivity contribution in [2.75, 3.05) is 26.2 Å². The minimum Gasteiger partial charge on any atom is -0.487 e. The third-order valence-corrected chi connectivity index (χ3v) is 6.44. The van der Waals surface area contributed by atoms with E-state index in [0.717, 1.165) is 60.5 Å². The molecule has 1 saturated heterocycles. The number of rotatable bonds is 6. The lowest BCUT2D eigenvalue weighted by molar-refractivity contribution is 0.0627. The number of imidazole rings is 1. The molecule has 0 saturated carbocycles. The van der Waals surface area contributed by atoms with Crippen LogP contribution in [-0.4, -0.2) is 56.3 Å². The van der Waals surface area contributed by atoms with Crippen LogP contribution in [0.2, 0.25) is 0 Å². The average molecular weight is 448 g/mol. The first-order chi connectivity index (χ1) is 15.6. The molecule has 5 rings (SSSR count). The van der Waals surface area contributed by atoms with Crippen molar-refractivity contribution in [2.24, 2.45) is 0 Å². The summed E-state index contributed by atoms with van der Waals surface area (Å²) in [5.74, 6) is 0.794. The topological polar surface area (TPSA) is 63.0 Å². The number of aryl methyl sites for hydroxylation is 1. The SMILES string of the molecule is Cc1nc(CN2CCN(C(=O)c3ccc(OCc4cn5ccccc5n4)cc3)CC2)cs1. The van der Waals surface area contributed by atoms with Crippen LogP contribution in [0.4, 0.5) is 0 Å². The molecular weight excluding hydrogens is 422 g/mol. The van der Waals surface area contributed by atoms with Crippen molar-refractivity contribution in [1.82, 2.24) is 24.2 Å². The van der Waals surface area contributed by atoms with Crippen LogP contribution in [0.5, 0.6) is 5.75 Å². The van der Waals surface area contributed by atoms with Crippen LogP contribution in [0.15, 0.2) is 60.2 Å². The van der Waals surface area contributed by atoms with Crippen LogP contribution in [-0.2, 0) is 13.2 Å². The molecule has 3 aromatic heterocycles. The molecule has 0 bridgehead atoms. The number of piperazine rings is 1. The Labute approximate surface area is 190 Å². The number of pyridine rings is 1. The van der Waals surface area contributed by atoms with E-state index < -0.39 is 0 Å². The molecule has 4 aromatic rings. The minimum atomic E-state index is 0.0704. The number of fused-ring (bicyclic) bond motifs is 1. The first-order valence-electron chi connectivity index (χ1n) is 10.7. The summed E-state index contributed by atoms with van der Waals surface area (Å²) >= 11 is 1.68. The Bertz CT molecular complexity index is 1180. The molecule has 0 radical (unpaired) electrons. The molecule has 4 heterocycles. The fourth-order valence-corrected chi connectivity index (χ4v) is 4.51. The normalized spacial score (nSPS) is 14.7. The molecule has 1 aliphatic heterocycles. The summed E-state index contributed by atoms with van der Waals surface area (Å²) in [6.45, 7) is 6.45. The van der Waals surface area contributed by atoms with Gasteiger partial charge in [-0.05, 0) is 43.3 Å². The monoisotopic (exact) mass is 447 g/mol. The van der Waals surface area contributed by atoms with E-state index in [4.69, 9.17) is 4.74 Å². The second-order valence-corrected chi connectivity index (χ2v) is 9.00. The zero-order valence-corrected chi connectivity index (χ0v) is 18.8. The molecule has 0 spiro atoms. The van der Waals surface area contributed by atoms with Crippen LogP contribution in [0.1, 0.15) is 26.8 Å². The lowest BCUT2D eigenvalue weighted by Gasteiger charge is -2.34. The average Bonchev–Trinajstić information content (AvgIpc) is 3.43. The number of carbonyl (C=O) groups is 1. The quantitative estimate of drug-likeness (QED) is 0.452. The Kier molecular flexibility index (Phi) is 5.87. The fraction of sp³-hybridized carbons (Fsp3) is 0.292. The van der Waals surface area contributed by atoms with Crippen LogP contribution in [0, 0.1) is 6.92 Å². The van der Waals surface area contributed by atoms with E-state index in [9.17, 15) is 4.79 Å². The van der Waals surface area contributed by atoms with Crippen LogP contribution in [0.3, 0.4) is 0 Å². The maximum atomic E-state index is 12.9. The number of amides is 1. The van der Waals surface area contributed by atoms with Crippen molar-refractivity contribution >= 4 is 22.9 Å². The standard InChI is InChI=1S/C24H25N5O2S/c1-18-25-21(17-32-18)14-27-10-12-28(13-11-27)24(30)19-5-7-22(8-6-19)31-16-20-15-29-9-3-2-4-23(29)26-20/h2-9,15,17H,10-14,16H2,1H3. The van der Waals surface area contributed by atoms with Crippen molar-refractivity contribution in [3.05, 3.63) is 82.2 Å². The zero-order valence-electron chi connectivity index (χ0n) is 18.0. The van der Waals surface area contributed by atoms with Gasteiger partial charge in [-0.3, -0.25) is 9.69 Å². The summed E-state index contributed by atoms with van der Waals surface area (Å²) < 4.78 is 7.83. The number of carbonyl (C=O) groups excluding carboxylic acids is 1. The Morgan fingerprint density at radius 2 is 1.84 bits per heavy atom. The Morgan fingerprint density at radius 1 is 1.03 bits per heavy atom. The van der Waals surface area contributed by atoms with E-state index in [0.29, 0.717) is 12.2 Å². The molecule has 0 aliphatic carbocycles. The molecule has 1 aliphatic rings. The molecular formula is C24H25N5O2S. The molecule has 1 fully saturated rings. The summed E-state index contributed by atoms with van der Waals surface area (Å²) in [5, 5.41) is 3.21. The number of ether oxygens (including phenoxy) is 1. The van der Waals surface area contributed by atoms with Gasteiger partial charge in [0, 0.05) is 56.1 Å². The molecule has 8 heteroatoms. The maximum Gasteiger partial charge on any atom is 0.253 e. The fourth-order valence-electron chi connectivity index (χ4n) is 3.91. The predicted octanol–water partition coefficient (Wildman–Crippen LogP) is 3.64. The van der Waals surface area contributed by atoms with E-state index in [1.54, 1.807) is 11.3 Å². The smallest absolute Gasteiger partial charge is 0.253 e. The van der Waals surface area contributed by atoms with E-state index >= 15 is 0 Å². The second kappa shape index (κ2) is 9.10. The summed E-state index contributed by atoms with van der Waals surface area (Å²) in [6, 6.07) is 13.3. The number of nitrogens with zero attached hydrogens (tertiary/aromatic N) is 5. The van der Waals surface area contributed by atoms with Gasteiger partial charge in [0.25, 0.3) is 5.91 Å². The highest BCUT2D eigenvalue weighted by Gasteiger charge is 2.22. The highest BCUT2D eigenvalue weighted by molar-refractivity contribution is 7.09. The Morgan fingerprint density at radius 3 is 2.56 bits per heavy atom. The summed E-state index contributed by atoms with van der Waals surface area (Å²) in [5.41, 5.74) is 3.57. The molecule has 1 amide bonds. The van der Waals surface area contributed by atoms with Gasteiger partial charge in [-0.15, -0.1) is 11.3 Å². The molecule has 7 nitrogen and oxygen atoms in total. The molecule has 164 valence electrons. The highest BCUT2D eigenvalue weighted by atomic mass is 32.1. The van der Waals surface area contributed by atoms with Gasteiger partial charge in [0.05, 0.1) is 16.4 Å². The largest absolute Gasteiger partial charge is 0.487 e. The molecule has 1 aromatic carbocycles. The molecule has 0 unspecified atom stereocenters. The van der Waals surface area contributed by atoms with Gasteiger partial charge in [0.15, 0.2) is 0 Å². The van der Waals surface area contributed by atoms with Gasteiger partial charge in [0.2, 0.25) is 0 Å². The van der Waals surface area contributed by atoms with Gasteiger partial charge in [-0.25, -0.2) is 9.97 Å². The van der Waals surface area contributed by atoms with Crippen molar-refractivity contribution in [3.63, 3.8) is 0 Å². The summed E-state index contributed by atoms with van der Waals surface area (Å²) in [6.07, 6.45) is 3.93. The van der Waals surface area contributed by atoms with Crippen LogP contribution in [0.25, 0.3) is 5.65 Å². The number of thiazole rings is 1. The van der Waals surface area contributed by atoms with Crippen molar-refractivity contribution in [1.29, 1.82) is 0 Å². The molecule has 0 N–H and O–H groups in total. The van der Waals surface area contributed by atoms with Gasteiger partial charge >= 0.3 is 0 Å². The van der Waals surface area contributed by atoms with Gasteiger partial charge in [-0.2, -0.15) is 0 Å². The first kappa shape index (κ1) is 20.7. The second-order valence-electron chi connectivity index (χ2n) is 7.94. The molecule has 0 atom stereocenters. The molecule has 32 heavy (non-hydrogen) atoms. The van der Waals surface area contributed by atoms with Gasteiger partial charge in [0.1, 0.15) is 18.0 Å². The number of hydrogen-bond donors (Lipinski definition) is 0. The number of benzene rings is 1. The summed E-state index contributed by atoms with van der Waals surface area (Å²) in [7, 11) is 0. The van der Waals surface area contributed by atoms with Crippen molar-refractivity contribution in [2.45, 2.75) is 20.1 Å². The zero-order chi connectivity index (χ0) is 21.9. The third kappa shape index (κ3) is 4.66. The highest BCUT2D eigenvalue weighted by Crippen LogP contribution is 2.17. The van der Waals surface area contributed by atoms with Crippen LogP contribution < -0.4 is 4.74 Å². The maximum absolute atomic E-state index is 12.9. The Balaban J connectivity index is 1.13. The van der Waals surface area contributed by atoms with Crippen LogP contribution >= 0.6 is 11.3 Å². The van der Waals surface area contributed by atoms with E-state index in [-0.39, 0.29) is 5.91 Å². The minimum absolute atomic E-state index is 0.0704. The number of aromatic nitrogens is 3. The number of hydrogen-bond acceptors (Lipinski definition) is 6. The van der Waals surface area contributed by atoms with E-state index in [1.165, 1.54) is 0 Å². The lowest BCUT2D eigenvalue weighted by atomic mass is 10.1. The van der Waals surface area contributed by atoms with Crippen molar-refractivity contribution < 1.29 is 9.53 Å². The van der Waals surface area contributed by atoms with Crippen molar-refractivity contribution in [3.8, 4) is 5.75 Å². The first-order valence-corrected chi connectivity index (χ1v) is 11.6. The van der Waals surface area contributed by atoms with Gasteiger partial charge in [-0.1, -0.05) is 6.07 Å².